The van der Waals surface area contributed by atoms with E-state index in [-0.39, 0.29) is 11.3 Å². The summed E-state index contributed by atoms with van der Waals surface area (Å²) in [4.78, 5) is 25.9. The first-order valence-corrected chi connectivity index (χ1v) is 11.9. The highest BCUT2D eigenvalue weighted by Gasteiger charge is 2.25. The van der Waals surface area contributed by atoms with Crippen LogP contribution in [-0.4, -0.2) is 20.1 Å². The molecule has 0 bridgehead atoms. The zero-order chi connectivity index (χ0) is 24.9. The molecule has 6 nitrogen and oxygen atoms in total. The van der Waals surface area contributed by atoms with Crippen LogP contribution in [0.1, 0.15) is 0 Å². The third kappa shape index (κ3) is 3.31. The predicted octanol–water partition coefficient (Wildman–Crippen LogP) is 6.92. The maximum absolute atomic E-state index is 13.4. The van der Waals surface area contributed by atoms with Crippen LogP contribution in [0, 0.1) is 0 Å². The fourth-order valence-electron chi connectivity index (χ4n) is 5.00. The van der Waals surface area contributed by atoms with Gasteiger partial charge in [-0.1, -0.05) is 66.7 Å². The van der Waals surface area contributed by atoms with Crippen LogP contribution in [0.4, 0.5) is 0 Å². The standard InChI is InChI=1S/C31H19N3O3/c35-30-21-8-4-5-9-24(21)37-31(36)27(30)26-25-22(14-15-23-29(25)33-17-16-32-23)34-28(26)20-12-10-19(11-13-20)18-6-2-1-3-7-18/h1-17,34-35H. The van der Waals surface area contributed by atoms with E-state index in [0.717, 1.165) is 22.2 Å². The van der Waals surface area contributed by atoms with E-state index in [0.29, 0.717) is 38.6 Å². The van der Waals surface area contributed by atoms with Crippen LogP contribution < -0.4 is 5.63 Å². The lowest BCUT2D eigenvalue weighted by Gasteiger charge is -2.10. The zero-order valence-electron chi connectivity index (χ0n) is 19.5. The Labute approximate surface area is 210 Å². The first-order chi connectivity index (χ1) is 18.2. The Morgan fingerprint density at radius 2 is 1.41 bits per heavy atom. The van der Waals surface area contributed by atoms with E-state index < -0.39 is 5.63 Å². The molecule has 0 atom stereocenters. The SMILES string of the molecule is O=c1oc2ccccc2c(O)c1-c1c(-c2ccc(-c3ccccc3)cc2)[nH]c2ccc3nccnc3c12. The summed E-state index contributed by atoms with van der Waals surface area (Å²) in [5.74, 6) is -0.129. The lowest BCUT2D eigenvalue weighted by molar-refractivity contribution is 0.471. The van der Waals surface area contributed by atoms with Crippen molar-refractivity contribution in [3.8, 4) is 39.3 Å². The molecule has 0 saturated carbocycles. The number of aromatic nitrogens is 3. The van der Waals surface area contributed by atoms with E-state index >= 15 is 0 Å². The summed E-state index contributed by atoms with van der Waals surface area (Å²) < 4.78 is 5.66. The molecule has 0 amide bonds. The van der Waals surface area contributed by atoms with Gasteiger partial charge in [0.2, 0.25) is 0 Å². The molecule has 0 fully saturated rings. The molecule has 37 heavy (non-hydrogen) atoms. The predicted molar refractivity (Wildman–Crippen MR) is 145 cm³/mol. The Balaban J connectivity index is 1.56. The maximum Gasteiger partial charge on any atom is 0.348 e. The number of H-pyrrole nitrogens is 1. The van der Waals surface area contributed by atoms with Crippen molar-refractivity contribution in [2.75, 3.05) is 0 Å². The first kappa shape index (κ1) is 21.1. The number of hydrogen-bond acceptors (Lipinski definition) is 5. The van der Waals surface area contributed by atoms with Gasteiger partial charge >= 0.3 is 5.63 Å². The second-order valence-corrected chi connectivity index (χ2v) is 8.84. The van der Waals surface area contributed by atoms with Crippen molar-refractivity contribution in [1.29, 1.82) is 0 Å². The van der Waals surface area contributed by atoms with Gasteiger partial charge in [0.15, 0.2) is 0 Å². The Bertz CT molecular complexity index is 2010. The minimum atomic E-state index is -0.625. The fourth-order valence-corrected chi connectivity index (χ4v) is 5.00. The lowest BCUT2D eigenvalue weighted by Crippen LogP contribution is -2.04. The van der Waals surface area contributed by atoms with Crippen molar-refractivity contribution in [2.24, 2.45) is 0 Å². The number of rotatable bonds is 3. The summed E-state index contributed by atoms with van der Waals surface area (Å²) in [6, 6.07) is 29.0. The van der Waals surface area contributed by atoms with Crippen molar-refractivity contribution in [2.45, 2.75) is 0 Å². The normalized spacial score (nSPS) is 11.5. The van der Waals surface area contributed by atoms with Crippen LogP contribution in [0.15, 0.2) is 113 Å². The van der Waals surface area contributed by atoms with Crippen molar-refractivity contribution in [1.82, 2.24) is 15.0 Å². The van der Waals surface area contributed by atoms with Gasteiger partial charge in [-0.15, -0.1) is 0 Å². The topological polar surface area (TPSA) is 92.0 Å². The highest BCUT2D eigenvalue weighted by Crippen LogP contribution is 2.44. The Morgan fingerprint density at radius 1 is 0.703 bits per heavy atom. The molecule has 0 unspecified atom stereocenters. The smallest absolute Gasteiger partial charge is 0.348 e. The number of aromatic hydroxyl groups is 1. The molecule has 7 rings (SSSR count). The van der Waals surface area contributed by atoms with Gasteiger partial charge in [0.1, 0.15) is 16.9 Å². The van der Waals surface area contributed by atoms with E-state index in [4.69, 9.17) is 4.42 Å². The number of para-hydroxylation sites is 1. The zero-order valence-corrected chi connectivity index (χ0v) is 19.5. The third-order valence-corrected chi connectivity index (χ3v) is 6.72. The van der Waals surface area contributed by atoms with Crippen LogP contribution in [0.25, 0.3) is 66.4 Å². The van der Waals surface area contributed by atoms with Gasteiger partial charge in [-0.3, -0.25) is 9.97 Å². The van der Waals surface area contributed by atoms with Crippen LogP contribution in [0.5, 0.6) is 5.75 Å². The number of nitrogens with one attached hydrogen (secondary N) is 1. The summed E-state index contributed by atoms with van der Waals surface area (Å²) in [5, 5.41) is 12.5. The summed E-state index contributed by atoms with van der Waals surface area (Å²) >= 11 is 0. The molecule has 0 saturated heterocycles. The minimum Gasteiger partial charge on any atom is -0.506 e. The molecule has 3 heterocycles. The number of benzene rings is 4. The third-order valence-electron chi connectivity index (χ3n) is 6.72. The Kier molecular flexibility index (Phi) is 4.66. The van der Waals surface area contributed by atoms with E-state index in [1.165, 1.54) is 0 Å². The van der Waals surface area contributed by atoms with Gasteiger partial charge in [0.25, 0.3) is 0 Å². The average Bonchev–Trinajstić information content (AvgIpc) is 3.33. The number of hydrogen-bond donors (Lipinski definition) is 2. The van der Waals surface area contributed by atoms with E-state index in [2.05, 4.69) is 27.1 Å². The minimum absolute atomic E-state index is 0.0882. The molecule has 0 aliphatic heterocycles. The fraction of sp³-hybridized carbons (Fsp3) is 0. The summed E-state index contributed by atoms with van der Waals surface area (Å²) in [6.07, 6.45) is 3.25. The van der Waals surface area contributed by atoms with Gasteiger partial charge in [-0.2, -0.15) is 0 Å². The van der Waals surface area contributed by atoms with Crippen LogP contribution in [-0.2, 0) is 0 Å². The van der Waals surface area contributed by atoms with Crippen molar-refractivity contribution < 1.29 is 9.52 Å². The van der Waals surface area contributed by atoms with E-state index in [9.17, 15) is 9.90 Å². The monoisotopic (exact) mass is 481 g/mol. The summed E-state index contributed by atoms with van der Waals surface area (Å²) in [5.41, 5.74) is 6.14. The number of nitrogens with zero attached hydrogens (tertiary/aromatic N) is 2. The molecule has 0 radical (unpaired) electrons. The number of fused-ring (bicyclic) bond motifs is 4. The molecule has 0 spiro atoms. The van der Waals surface area contributed by atoms with Crippen LogP contribution in [0.2, 0.25) is 0 Å². The molecular weight excluding hydrogens is 462 g/mol. The molecule has 3 aromatic heterocycles. The maximum atomic E-state index is 13.4. The quantitative estimate of drug-likeness (QED) is 0.267. The Hall–Kier alpha value is -5.23. The second-order valence-electron chi connectivity index (χ2n) is 8.84. The molecule has 0 aliphatic carbocycles. The largest absolute Gasteiger partial charge is 0.506 e. The number of aromatic amines is 1. The van der Waals surface area contributed by atoms with Gasteiger partial charge < -0.3 is 14.5 Å². The van der Waals surface area contributed by atoms with Gasteiger partial charge in [-0.25, -0.2) is 4.79 Å². The molecule has 2 N–H and O–H groups in total. The first-order valence-electron chi connectivity index (χ1n) is 11.9. The van der Waals surface area contributed by atoms with Gasteiger partial charge in [-0.05, 0) is 41.0 Å². The van der Waals surface area contributed by atoms with Gasteiger partial charge in [0.05, 0.1) is 22.1 Å². The van der Waals surface area contributed by atoms with E-state index in [1.54, 1.807) is 36.7 Å². The molecule has 0 aliphatic rings. The van der Waals surface area contributed by atoms with Crippen molar-refractivity contribution in [3.05, 3.63) is 114 Å². The van der Waals surface area contributed by atoms with Gasteiger partial charge in [0, 0.05) is 28.9 Å². The average molecular weight is 482 g/mol. The van der Waals surface area contributed by atoms with Crippen LogP contribution >= 0.6 is 0 Å². The Morgan fingerprint density at radius 3 is 2.24 bits per heavy atom. The van der Waals surface area contributed by atoms with E-state index in [1.807, 2.05) is 54.6 Å². The molecule has 7 aromatic rings. The lowest BCUT2D eigenvalue weighted by atomic mass is 9.96. The highest BCUT2D eigenvalue weighted by atomic mass is 16.4. The summed E-state index contributed by atoms with van der Waals surface area (Å²) in [6.45, 7) is 0. The van der Waals surface area contributed by atoms with Crippen molar-refractivity contribution in [3.63, 3.8) is 0 Å². The molecular formula is C31H19N3O3. The summed E-state index contributed by atoms with van der Waals surface area (Å²) in [7, 11) is 0. The highest BCUT2D eigenvalue weighted by molar-refractivity contribution is 6.16. The van der Waals surface area contributed by atoms with Crippen LogP contribution in [0.3, 0.4) is 0 Å². The molecule has 176 valence electrons. The van der Waals surface area contributed by atoms with Crippen molar-refractivity contribution >= 4 is 32.9 Å². The molecule has 6 heteroatoms. The second kappa shape index (κ2) is 8.17. The molecule has 4 aromatic carbocycles.